The Kier molecular flexibility index (Phi) is 6.35. The van der Waals surface area contributed by atoms with E-state index in [1.165, 1.54) is 39.7 Å². The number of hydrogen-bond donors (Lipinski definition) is 0. The van der Waals surface area contributed by atoms with Gasteiger partial charge in [0.1, 0.15) is 35.3 Å². The molecule has 9 heteroatoms. The maximum atomic E-state index is 13.3. The van der Waals surface area contributed by atoms with Crippen LogP contribution in [0.3, 0.4) is 0 Å². The number of ether oxygens (including phenoxy) is 4. The minimum atomic E-state index is -0.461. The molecule has 0 amide bonds. The standard InChI is InChI=1S/C25H21NO8/c1-30-18-11-22(32-3)24-23(12-18)34-14-19(25(24)27)16-6-9-20(31-2)21(10-16)33-13-15-4-7-17(8-5-15)26(28)29/h4-12,14H,13H2,1-3H3. The quantitative estimate of drug-likeness (QED) is 0.266. The number of benzene rings is 3. The molecule has 3 aromatic carbocycles. The number of non-ortho nitro benzene ring substituents is 1. The van der Waals surface area contributed by atoms with Crippen molar-refractivity contribution in [3.8, 4) is 34.1 Å². The van der Waals surface area contributed by atoms with Crippen LogP contribution in [0, 0.1) is 10.1 Å². The van der Waals surface area contributed by atoms with E-state index in [-0.39, 0.29) is 17.7 Å². The number of nitro benzene ring substituents is 1. The molecule has 0 aliphatic rings. The first-order chi connectivity index (χ1) is 16.4. The SMILES string of the molecule is COc1cc(OC)c2c(=O)c(-c3ccc(OC)c(OCc4ccc([N+](=O)[O-])cc4)c3)coc2c1. The monoisotopic (exact) mass is 463 g/mol. The van der Waals surface area contributed by atoms with E-state index in [4.69, 9.17) is 23.4 Å². The third kappa shape index (κ3) is 4.36. The fourth-order valence-electron chi connectivity index (χ4n) is 3.50. The third-order valence-corrected chi connectivity index (χ3v) is 5.29. The summed E-state index contributed by atoms with van der Waals surface area (Å²) in [4.78, 5) is 23.7. The second kappa shape index (κ2) is 9.53. The van der Waals surface area contributed by atoms with Crippen molar-refractivity contribution in [1.82, 2.24) is 0 Å². The highest BCUT2D eigenvalue weighted by Gasteiger charge is 2.17. The van der Waals surface area contributed by atoms with Crippen LogP contribution in [0.5, 0.6) is 23.0 Å². The van der Waals surface area contributed by atoms with Crippen molar-refractivity contribution in [3.63, 3.8) is 0 Å². The lowest BCUT2D eigenvalue weighted by Gasteiger charge is -2.13. The van der Waals surface area contributed by atoms with E-state index in [1.807, 2.05) is 0 Å². The molecule has 0 radical (unpaired) electrons. The minimum absolute atomic E-state index is 0.000551. The molecule has 34 heavy (non-hydrogen) atoms. The molecule has 0 unspecified atom stereocenters. The molecular formula is C25H21NO8. The first-order valence-corrected chi connectivity index (χ1v) is 10.2. The molecule has 0 atom stereocenters. The van der Waals surface area contributed by atoms with Gasteiger partial charge in [0.25, 0.3) is 5.69 Å². The predicted octanol–water partition coefficient (Wildman–Crippen LogP) is 4.97. The van der Waals surface area contributed by atoms with Gasteiger partial charge in [-0.25, -0.2) is 0 Å². The third-order valence-electron chi connectivity index (χ3n) is 5.29. The molecule has 174 valence electrons. The van der Waals surface area contributed by atoms with E-state index in [0.717, 1.165) is 5.56 Å². The Hall–Kier alpha value is -4.53. The van der Waals surface area contributed by atoms with Crippen molar-refractivity contribution in [3.05, 3.63) is 86.8 Å². The number of nitrogens with zero attached hydrogens (tertiary/aromatic N) is 1. The van der Waals surface area contributed by atoms with Crippen LogP contribution in [0.2, 0.25) is 0 Å². The normalized spacial score (nSPS) is 10.7. The molecule has 1 aromatic heterocycles. The second-order valence-corrected chi connectivity index (χ2v) is 7.26. The van der Waals surface area contributed by atoms with Crippen molar-refractivity contribution >= 4 is 16.7 Å². The first-order valence-electron chi connectivity index (χ1n) is 10.2. The van der Waals surface area contributed by atoms with Crippen LogP contribution in [0.15, 0.2) is 70.1 Å². The topological polar surface area (TPSA) is 110 Å². The predicted molar refractivity (Wildman–Crippen MR) is 125 cm³/mol. The summed E-state index contributed by atoms with van der Waals surface area (Å²) < 4.78 is 27.7. The van der Waals surface area contributed by atoms with E-state index >= 15 is 0 Å². The average molecular weight is 463 g/mol. The number of fused-ring (bicyclic) bond motifs is 1. The van der Waals surface area contributed by atoms with Gasteiger partial charge in [0, 0.05) is 24.3 Å². The van der Waals surface area contributed by atoms with Gasteiger partial charge in [-0.1, -0.05) is 6.07 Å². The molecular weight excluding hydrogens is 442 g/mol. The zero-order chi connectivity index (χ0) is 24.2. The Morgan fingerprint density at radius 2 is 1.62 bits per heavy atom. The summed E-state index contributed by atoms with van der Waals surface area (Å²) in [6.07, 6.45) is 1.38. The maximum Gasteiger partial charge on any atom is 0.269 e. The van der Waals surface area contributed by atoms with Gasteiger partial charge >= 0.3 is 0 Å². The highest BCUT2D eigenvalue weighted by Crippen LogP contribution is 2.35. The lowest BCUT2D eigenvalue weighted by Crippen LogP contribution is -2.07. The summed E-state index contributed by atoms with van der Waals surface area (Å²) in [6, 6.07) is 14.4. The Morgan fingerprint density at radius 3 is 2.26 bits per heavy atom. The summed E-state index contributed by atoms with van der Waals surface area (Å²) >= 11 is 0. The van der Waals surface area contributed by atoms with Crippen molar-refractivity contribution < 1.29 is 28.3 Å². The fraction of sp³-hybridized carbons (Fsp3) is 0.160. The fourth-order valence-corrected chi connectivity index (χ4v) is 3.50. The zero-order valence-corrected chi connectivity index (χ0v) is 18.7. The largest absolute Gasteiger partial charge is 0.496 e. The molecule has 0 aliphatic carbocycles. The Bertz CT molecular complexity index is 1410. The van der Waals surface area contributed by atoms with Gasteiger partial charge in [-0.05, 0) is 35.4 Å². The first kappa shape index (κ1) is 22.7. The minimum Gasteiger partial charge on any atom is -0.496 e. The molecule has 0 aliphatic heterocycles. The van der Waals surface area contributed by atoms with Crippen molar-refractivity contribution in [2.75, 3.05) is 21.3 Å². The van der Waals surface area contributed by atoms with Gasteiger partial charge in [-0.2, -0.15) is 0 Å². The second-order valence-electron chi connectivity index (χ2n) is 7.26. The van der Waals surface area contributed by atoms with Crippen molar-refractivity contribution in [1.29, 1.82) is 0 Å². The van der Waals surface area contributed by atoms with Crippen LogP contribution in [-0.4, -0.2) is 26.3 Å². The highest BCUT2D eigenvalue weighted by atomic mass is 16.6. The van der Waals surface area contributed by atoms with Gasteiger partial charge in [0.2, 0.25) is 5.43 Å². The molecule has 4 aromatic rings. The number of hydrogen-bond acceptors (Lipinski definition) is 8. The number of rotatable bonds is 8. The van der Waals surface area contributed by atoms with Gasteiger partial charge < -0.3 is 23.4 Å². The molecule has 0 spiro atoms. The van der Waals surface area contributed by atoms with Gasteiger partial charge in [0.05, 0.1) is 31.8 Å². The van der Waals surface area contributed by atoms with Crippen molar-refractivity contribution in [2.45, 2.75) is 6.61 Å². The highest BCUT2D eigenvalue weighted by molar-refractivity contribution is 5.88. The van der Waals surface area contributed by atoms with Crippen LogP contribution >= 0.6 is 0 Å². The Labute approximate surface area is 194 Å². The number of methoxy groups -OCH3 is 3. The van der Waals surface area contributed by atoms with Crippen LogP contribution in [-0.2, 0) is 6.61 Å². The van der Waals surface area contributed by atoms with E-state index in [2.05, 4.69) is 0 Å². The van der Waals surface area contributed by atoms with Crippen LogP contribution in [0.4, 0.5) is 5.69 Å². The molecule has 1 heterocycles. The molecule has 0 saturated heterocycles. The van der Waals surface area contributed by atoms with E-state index in [1.54, 1.807) is 42.5 Å². The van der Waals surface area contributed by atoms with E-state index in [9.17, 15) is 14.9 Å². The van der Waals surface area contributed by atoms with Crippen LogP contribution in [0.25, 0.3) is 22.1 Å². The zero-order valence-electron chi connectivity index (χ0n) is 18.7. The van der Waals surface area contributed by atoms with E-state index < -0.39 is 4.92 Å². The molecule has 0 N–H and O–H groups in total. The summed E-state index contributed by atoms with van der Waals surface area (Å²) in [5.41, 5.74) is 1.69. The number of nitro groups is 1. The molecule has 9 nitrogen and oxygen atoms in total. The van der Waals surface area contributed by atoms with Crippen molar-refractivity contribution in [2.24, 2.45) is 0 Å². The summed E-state index contributed by atoms with van der Waals surface area (Å²) in [7, 11) is 4.50. The average Bonchev–Trinajstić information content (AvgIpc) is 2.87. The van der Waals surface area contributed by atoms with Gasteiger partial charge in [-0.3, -0.25) is 14.9 Å². The smallest absolute Gasteiger partial charge is 0.269 e. The molecule has 0 fully saturated rings. The van der Waals surface area contributed by atoms with Gasteiger partial charge in [-0.15, -0.1) is 0 Å². The Morgan fingerprint density at radius 1 is 0.882 bits per heavy atom. The van der Waals surface area contributed by atoms with Gasteiger partial charge in [0.15, 0.2) is 11.5 Å². The van der Waals surface area contributed by atoms with E-state index in [0.29, 0.717) is 45.1 Å². The summed E-state index contributed by atoms with van der Waals surface area (Å²) in [6.45, 7) is 0.151. The maximum absolute atomic E-state index is 13.3. The lowest BCUT2D eigenvalue weighted by molar-refractivity contribution is -0.384. The Balaban J connectivity index is 1.70. The lowest BCUT2D eigenvalue weighted by atomic mass is 10.0. The summed E-state index contributed by atoms with van der Waals surface area (Å²) in [5, 5.41) is 11.1. The molecule has 0 bridgehead atoms. The summed E-state index contributed by atoms with van der Waals surface area (Å²) in [5.74, 6) is 1.72. The van der Waals surface area contributed by atoms with Crippen LogP contribution in [0.1, 0.15) is 5.56 Å². The van der Waals surface area contributed by atoms with Crippen LogP contribution < -0.4 is 24.4 Å². The molecule has 0 saturated carbocycles. The molecule has 4 rings (SSSR count).